The number of hydrogen-bond donors (Lipinski definition) is 1. The Morgan fingerprint density at radius 1 is 0.700 bits per heavy atom. The van der Waals surface area contributed by atoms with Gasteiger partial charge in [0.2, 0.25) is 0 Å². The van der Waals surface area contributed by atoms with Crippen molar-refractivity contribution in [1.82, 2.24) is 0 Å². The Hall–Kier alpha value is 0.427. The molecule has 0 bridgehead atoms. The Balaban J connectivity index is 0. The number of nitrogens with two attached hydrogens (primary N) is 1. The van der Waals surface area contributed by atoms with Gasteiger partial charge in [-0.05, 0) is 44.8 Å². The molecule has 0 fully saturated rings. The van der Waals surface area contributed by atoms with Crippen molar-refractivity contribution in [2.24, 2.45) is 11.7 Å². The van der Waals surface area contributed by atoms with Gasteiger partial charge in [-0.25, -0.2) is 0 Å². The van der Waals surface area contributed by atoms with Gasteiger partial charge in [0, 0.05) is 12.6 Å². The van der Waals surface area contributed by atoms with Gasteiger partial charge < -0.3 is 22.6 Å². The zero-order valence-corrected chi connectivity index (χ0v) is 23.6. The van der Waals surface area contributed by atoms with Gasteiger partial charge in [0.05, 0.1) is 0 Å². The minimum Gasteiger partial charge on any atom is -1.00 e. The van der Waals surface area contributed by atoms with E-state index in [1.54, 1.807) is 0 Å². The Kier molecular flexibility index (Phi) is 20.6. The summed E-state index contributed by atoms with van der Waals surface area (Å²) in [6, 6.07) is 0. The summed E-state index contributed by atoms with van der Waals surface area (Å²) in [5.74, 6) is 0.575. The fourth-order valence-electron chi connectivity index (χ4n) is 4.97. The summed E-state index contributed by atoms with van der Waals surface area (Å²) < 4.78 is 6.07. The third-order valence-corrected chi connectivity index (χ3v) is 10.6. The lowest BCUT2D eigenvalue weighted by Gasteiger charge is -2.43. The largest absolute Gasteiger partial charge is 1.00 e. The first-order valence-electron chi connectivity index (χ1n) is 13.0. The smallest absolute Gasteiger partial charge is 0.189 e. The Labute approximate surface area is 198 Å². The van der Waals surface area contributed by atoms with E-state index in [1.807, 2.05) is 7.11 Å². The molecule has 0 aromatic rings. The van der Waals surface area contributed by atoms with E-state index >= 15 is 0 Å². The maximum Gasteiger partial charge on any atom is 0.189 e. The normalized spacial score (nSPS) is 14.4. The van der Waals surface area contributed by atoms with Gasteiger partial charge >= 0.3 is 0 Å². The fraction of sp³-hybridized carbons (Fsp3) is 1.00. The molecule has 0 saturated carbocycles. The van der Waals surface area contributed by atoms with Gasteiger partial charge in [0.15, 0.2) is 8.32 Å². The molecule has 0 aliphatic rings. The van der Waals surface area contributed by atoms with Crippen LogP contribution in [-0.2, 0) is 4.43 Å². The monoisotopic (exact) mass is 462 g/mol. The van der Waals surface area contributed by atoms with Gasteiger partial charge in [0.25, 0.3) is 0 Å². The third-order valence-electron chi connectivity index (χ3n) is 7.08. The van der Waals surface area contributed by atoms with Gasteiger partial charge in [-0.1, -0.05) is 110 Å². The second-order valence-corrected chi connectivity index (χ2v) is 15.0. The van der Waals surface area contributed by atoms with Crippen LogP contribution < -0.4 is 18.1 Å². The zero-order chi connectivity index (χ0) is 22.2. The van der Waals surface area contributed by atoms with Crippen molar-refractivity contribution in [3.05, 3.63) is 0 Å². The van der Waals surface area contributed by atoms with E-state index in [1.165, 1.54) is 103 Å². The van der Waals surface area contributed by atoms with Crippen LogP contribution >= 0.6 is 0 Å². The van der Waals surface area contributed by atoms with E-state index in [2.05, 4.69) is 40.8 Å². The summed E-state index contributed by atoms with van der Waals surface area (Å²) in [5.41, 5.74) is 7.18. The summed E-state index contributed by atoms with van der Waals surface area (Å²) >= 11 is 0. The van der Waals surface area contributed by atoms with Crippen molar-refractivity contribution < 1.29 is 16.8 Å². The first kappa shape index (κ1) is 32.6. The number of halogens is 1. The molecule has 184 valence electrons. The predicted octanol–water partition coefficient (Wildman–Crippen LogP) is 5.85. The van der Waals surface area contributed by atoms with Crippen LogP contribution in [0.15, 0.2) is 0 Å². The van der Waals surface area contributed by atoms with Crippen LogP contribution in [0.2, 0.25) is 18.6 Å². The second kappa shape index (κ2) is 18.9. The number of hydrogen-bond acceptors (Lipinski definition) is 2. The molecule has 2 N–H and O–H groups in total. The highest BCUT2D eigenvalue weighted by Crippen LogP contribution is 2.42. The van der Waals surface area contributed by atoms with E-state index in [-0.39, 0.29) is 17.9 Å². The average molecular weight is 463 g/mol. The van der Waals surface area contributed by atoms with Crippen LogP contribution in [0.25, 0.3) is 0 Å². The van der Waals surface area contributed by atoms with Crippen molar-refractivity contribution in [3.8, 4) is 0 Å². The fourth-order valence-corrected chi connectivity index (χ4v) is 7.74. The molecule has 0 aliphatic carbocycles. The van der Waals surface area contributed by atoms with Crippen LogP contribution in [0.1, 0.15) is 130 Å². The van der Waals surface area contributed by atoms with Crippen molar-refractivity contribution in [3.63, 3.8) is 0 Å². The molecule has 0 saturated heterocycles. The van der Waals surface area contributed by atoms with Gasteiger partial charge in [-0.3, -0.25) is 0 Å². The molecule has 0 heterocycles. The molecular weight excluding hydrogens is 406 g/mol. The summed E-state index contributed by atoms with van der Waals surface area (Å²) in [6.45, 7) is 13.8. The molecule has 0 rings (SSSR count). The van der Waals surface area contributed by atoms with E-state index in [0.29, 0.717) is 11.5 Å². The van der Waals surface area contributed by atoms with E-state index in [4.69, 9.17) is 10.2 Å². The SMILES string of the molecule is CCCCCCCCCCCCCCCC(C(CCC)C(C)(C)N)[Si](C)(C)OC.[Cl-]. The average Bonchev–Trinajstić information content (AvgIpc) is 2.66. The van der Waals surface area contributed by atoms with E-state index in [0.717, 1.165) is 0 Å². The van der Waals surface area contributed by atoms with Crippen LogP contribution in [0, 0.1) is 5.92 Å². The highest BCUT2D eigenvalue weighted by atomic mass is 35.5. The van der Waals surface area contributed by atoms with Gasteiger partial charge in [0.1, 0.15) is 0 Å². The zero-order valence-electron chi connectivity index (χ0n) is 21.8. The Morgan fingerprint density at radius 2 is 1.10 bits per heavy atom. The van der Waals surface area contributed by atoms with Crippen molar-refractivity contribution in [2.45, 2.75) is 155 Å². The quantitative estimate of drug-likeness (QED) is 0.182. The summed E-state index contributed by atoms with van der Waals surface area (Å²) in [6.07, 6.45) is 22.2. The highest BCUT2D eigenvalue weighted by Gasteiger charge is 2.42. The van der Waals surface area contributed by atoms with Crippen molar-refractivity contribution >= 4 is 8.32 Å². The van der Waals surface area contributed by atoms with Crippen LogP contribution in [0.4, 0.5) is 0 Å². The molecule has 2 atom stereocenters. The van der Waals surface area contributed by atoms with Crippen LogP contribution in [0.5, 0.6) is 0 Å². The molecule has 30 heavy (non-hydrogen) atoms. The van der Waals surface area contributed by atoms with Crippen LogP contribution in [0.3, 0.4) is 0 Å². The molecule has 2 nitrogen and oxygen atoms in total. The molecule has 2 unspecified atom stereocenters. The summed E-state index contributed by atoms with van der Waals surface area (Å²) in [5, 5.41) is 0. The second-order valence-electron chi connectivity index (χ2n) is 10.7. The first-order chi connectivity index (χ1) is 13.7. The molecule has 0 aromatic heterocycles. The Morgan fingerprint density at radius 3 is 1.43 bits per heavy atom. The van der Waals surface area contributed by atoms with E-state index in [9.17, 15) is 0 Å². The maximum absolute atomic E-state index is 6.63. The van der Waals surface area contributed by atoms with Gasteiger partial charge in [-0.2, -0.15) is 0 Å². The lowest BCUT2D eigenvalue weighted by atomic mass is 9.80. The molecular formula is C26H57ClNOSi-. The molecule has 0 aromatic carbocycles. The standard InChI is InChI=1S/C26H57NOSi.ClH/c1-8-10-11-12-13-14-15-16-17-18-19-20-21-23-25(29(6,7)28-5)24(22-9-2)26(3,4)27;/h24-25H,8-23,27H2,1-7H3;1H/p-1. The van der Waals surface area contributed by atoms with Crippen molar-refractivity contribution in [1.29, 1.82) is 0 Å². The number of unbranched alkanes of at least 4 members (excludes halogenated alkanes) is 12. The lowest BCUT2D eigenvalue weighted by Crippen LogP contribution is -3.00. The van der Waals surface area contributed by atoms with E-state index < -0.39 is 8.32 Å². The third kappa shape index (κ3) is 15.3. The topological polar surface area (TPSA) is 35.2 Å². The molecule has 0 radical (unpaired) electrons. The minimum atomic E-state index is -1.70. The predicted molar refractivity (Wildman–Crippen MR) is 135 cm³/mol. The highest BCUT2D eigenvalue weighted by molar-refractivity contribution is 6.72. The van der Waals surface area contributed by atoms with Crippen molar-refractivity contribution in [2.75, 3.05) is 7.11 Å². The molecule has 0 spiro atoms. The number of rotatable bonds is 20. The summed E-state index contributed by atoms with van der Waals surface area (Å²) in [4.78, 5) is 0. The minimum absolute atomic E-state index is 0. The van der Waals surface area contributed by atoms with Crippen LogP contribution in [-0.4, -0.2) is 21.0 Å². The molecule has 0 amide bonds. The summed E-state index contributed by atoms with van der Waals surface area (Å²) in [7, 11) is 0.227. The maximum atomic E-state index is 6.63. The molecule has 0 aliphatic heterocycles. The lowest BCUT2D eigenvalue weighted by molar-refractivity contribution is -0.00000785. The first-order valence-corrected chi connectivity index (χ1v) is 16.0. The van der Waals surface area contributed by atoms with Gasteiger partial charge in [-0.15, -0.1) is 0 Å². The molecule has 4 heteroatoms. The Bertz CT molecular complexity index is 371.